The molecular weight excluding hydrogens is 280 g/mol. The van der Waals surface area contributed by atoms with Crippen molar-refractivity contribution in [2.45, 2.75) is 19.4 Å². The molecule has 1 atom stereocenters. The first-order chi connectivity index (χ1) is 10.1. The van der Waals surface area contributed by atoms with Gasteiger partial charge in [0.2, 0.25) is 0 Å². The van der Waals surface area contributed by atoms with E-state index in [9.17, 15) is 4.79 Å². The van der Waals surface area contributed by atoms with Crippen LogP contribution in [0.5, 0.6) is 0 Å². The standard InChI is InChI=1S/C17H22N2OS/c1-4-13-7-9-14(10-8-13)17(20)18-12-15(19(2)3)16-6-5-11-21-16/h5-11,15H,4,12H2,1-3H3,(H,18,20)/t15-/m0/s1. The first kappa shape index (κ1) is 15.7. The summed E-state index contributed by atoms with van der Waals surface area (Å²) >= 11 is 1.72. The number of likely N-dealkylation sites (N-methyl/N-ethyl adjacent to an activating group) is 1. The fraction of sp³-hybridized carbons (Fsp3) is 0.353. The number of aryl methyl sites for hydroxylation is 1. The Labute approximate surface area is 130 Å². The molecule has 2 aromatic rings. The van der Waals surface area contributed by atoms with E-state index in [1.54, 1.807) is 11.3 Å². The molecule has 1 aromatic heterocycles. The van der Waals surface area contributed by atoms with Gasteiger partial charge < -0.3 is 10.2 Å². The van der Waals surface area contributed by atoms with Gasteiger partial charge >= 0.3 is 0 Å². The molecule has 0 radical (unpaired) electrons. The van der Waals surface area contributed by atoms with Crippen LogP contribution in [0.2, 0.25) is 0 Å². The summed E-state index contributed by atoms with van der Waals surface area (Å²) in [6, 6.07) is 12.2. The van der Waals surface area contributed by atoms with E-state index in [1.165, 1.54) is 10.4 Å². The molecule has 4 heteroatoms. The van der Waals surface area contributed by atoms with Crippen LogP contribution in [0.1, 0.15) is 33.8 Å². The zero-order chi connectivity index (χ0) is 15.2. The highest BCUT2D eigenvalue weighted by Gasteiger charge is 2.16. The number of nitrogens with zero attached hydrogens (tertiary/aromatic N) is 1. The van der Waals surface area contributed by atoms with Crippen LogP contribution in [0.25, 0.3) is 0 Å². The van der Waals surface area contributed by atoms with Crippen LogP contribution >= 0.6 is 11.3 Å². The fourth-order valence-corrected chi connectivity index (χ4v) is 3.12. The van der Waals surface area contributed by atoms with Crippen LogP contribution < -0.4 is 5.32 Å². The summed E-state index contributed by atoms with van der Waals surface area (Å²) in [6.07, 6.45) is 0.989. The second-order valence-corrected chi connectivity index (χ2v) is 6.23. The summed E-state index contributed by atoms with van der Waals surface area (Å²) in [5.74, 6) is -0.0129. The Morgan fingerprint density at radius 2 is 1.95 bits per heavy atom. The predicted octanol–water partition coefficient (Wildman–Crippen LogP) is 3.34. The van der Waals surface area contributed by atoms with Crippen molar-refractivity contribution in [2.75, 3.05) is 20.6 Å². The van der Waals surface area contributed by atoms with Gasteiger partial charge in [-0.15, -0.1) is 11.3 Å². The van der Waals surface area contributed by atoms with Gasteiger partial charge in [-0.2, -0.15) is 0 Å². The number of carbonyl (C=O) groups excluding carboxylic acids is 1. The molecular formula is C17H22N2OS. The third kappa shape index (κ3) is 4.16. The molecule has 1 N–H and O–H groups in total. The van der Waals surface area contributed by atoms with Crippen LogP contribution in [0.4, 0.5) is 0 Å². The Hall–Kier alpha value is -1.65. The SMILES string of the molecule is CCc1ccc(C(=O)NC[C@@H](c2cccs2)N(C)C)cc1. The molecule has 2 rings (SSSR count). The van der Waals surface area contributed by atoms with Crippen molar-refractivity contribution in [1.82, 2.24) is 10.2 Å². The molecule has 1 aromatic carbocycles. The molecule has 0 saturated carbocycles. The topological polar surface area (TPSA) is 32.3 Å². The number of nitrogens with one attached hydrogen (secondary N) is 1. The number of carbonyl (C=O) groups is 1. The lowest BCUT2D eigenvalue weighted by atomic mass is 10.1. The first-order valence-electron chi connectivity index (χ1n) is 7.18. The third-order valence-electron chi connectivity index (χ3n) is 3.58. The van der Waals surface area contributed by atoms with Crippen molar-refractivity contribution in [3.05, 3.63) is 57.8 Å². The van der Waals surface area contributed by atoms with Crippen molar-refractivity contribution in [3.8, 4) is 0 Å². The smallest absolute Gasteiger partial charge is 0.251 e. The summed E-state index contributed by atoms with van der Waals surface area (Å²) in [7, 11) is 4.07. The molecule has 112 valence electrons. The maximum atomic E-state index is 12.2. The minimum Gasteiger partial charge on any atom is -0.350 e. The van der Waals surface area contributed by atoms with E-state index in [2.05, 4.69) is 28.6 Å². The molecule has 0 fully saturated rings. The molecule has 1 amide bonds. The minimum atomic E-state index is -0.0129. The first-order valence-corrected chi connectivity index (χ1v) is 8.06. The highest BCUT2D eigenvalue weighted by Crippen LogP contribution is 2.22. The fourth-order valence-electron chi connectivity index (χ4n) is 2.20. The second-order valence-electron chi connectivity index (χ2n) is 5.26. The van der Waals surface area contributed by atoms with Gasteiger partial charge in [-0.1, -0.05) is 25.1 Å². The van der Waals surface area contributed by atoms with Gasteiger partial charge in [0.25, 0.3) is 5.91 Å². The van der Waals surface area contributed by atoms with E-state index in [0.29, 0.717) is 6.54 Å². The van der Waals surface area contributed by atoms with E-state index in [1.807, 2.05) is 44.4 Å². The Morgan fingerprint density at radius 3 is 2.48 bits per heavy atom. The molecule has 0 saturated heterocycles. The van der Waals surface area contributed by atoms with Crippen LogP contribution in [0, 0.1) is 0 Å². The third-order valence-corrected chi connectivity index (χ3v) is 4.55. The molecule has 3 nitrogen and oxygen atoms in total. The summed E-state index contributed by atoms with van der Waals surface area (Å²) in [5.41, 5.74) is 1.96. The maximum Gasteiger partial charge on any atom is 0.251 e. The highest BCUT2D eigenvalue weighted by molar-refractivity contribution is 7.10. The number of thiophene rings is 1. The van der Waals surface area contributed by atoms with Gasteiger partial charge in [-0.05, 0) is 49.7 Å². The summed E-state index contributed by atoms with van der Waals surface area (Å²) in [5, 5.41) is 5.10. The molecule has 1 heterocycles. The average Bonchev–Trinajstić information content (AvgIpc) is 3.01. The summed E-state index contributed by atoms with van der Waals surface area (Å²) in [6.45, 7) is 2.72. The van der Waals surface area contributed by atoms with E-state index in [0.717, 1.165) is 12.0 Å². The molecule has 0 aliphatic rings. The lowest BCUT2D eigenvalue weighted by Crippen LogP contribution is -2.34. The molecule has 0 unspecified atom stereocenters. The quantitative estimate of drug-likeness (QED) is 0.887. The van der Waals surface area contributed by atoms with Crippen molar-refractivity contribution >= 4 is 17.2 Å². The van der Waals surface area contributed by atoms with Crippen LogP contribution in [0.3, 0.4) is 0 Å². The number of amides is 1. The Morgan fingerprint density at radius 1 is 1.24 bits per heavy atom. The molecule has 0 aliphatic heterocycles. The summed E-state index contributed by atoms with van der Waals surface area (Å²) < 4.78 is 0. The Bertz CT molecular complexity index is 561. The van der Waals surface area contributed by atoms with Gasteiger partial charge in [0.05, 0.1) is 6.04 Å². The lowest BCUT2D eigenvalue weighted by Gasteiger charge is -2.23. The van der Waals surface area contributed by atoms with Crippen LogP contribution in [0.15, 0.2) is 41.8 Å². The monoisotopic (exact) mass is 302 g/mol. The number of benzene rings is 1. The average molecular weight is 302 g/mol. The zero-order valence-electron chi connectivity index (χ0n) is 12.8. The van der Waals surface area contributed by atoms with Crippen molar-refractivity contribution in [3.63, 3.8) is 0 Å². The van der Waals surface area contributed by atoms with Crippen molar-refractivity contribution in [2.24, 2.45) is 0 Å². The summed E-state index contributed by atoms with van der Waals surface area (Å²) in [4.78, 5) is 15.6. The van der Waals surface area contributed by atoms with Gasteiger partial charge in [0.15, 0.2) is 0 Å². The second kappa shape index (κ2) is 7.38. The molecule has 0 bridgehead atoms. The van der Waals surface area contributed by atoms with E-state index in [-0.39, 0.29) is 11.9 Å². The van der Waals surface area contributed by atoms with E-state index >= 15 is 0 Å². The lowest BCUT2D eigenvalue weighted by molar-refractivity contribution is 0.0942. The number of rotatable bonds is 6. The van der Waals surface area contributed by atoms with Gasteiger partial charge in [-0.25, -0.2) is 0 Å². The predicted molar refractivity (Wildman–Crippen MR) is 88.9 cm³/mol. The molecule has 0 aliphatic carbocycles. The number of hydrogen-bond acceptors (Lipinski definition) is 3. The Balaban J connectivity index is 1.98. The molecule has 0 spiro atoms. The van der Waals surface area contributed by atoms with E-state index < -0.39 is 0 Å². The minimum absolute atomic E-state index is 0.0129. The Kier molecular flexibility index (Phi) is 5.53. The van der Waals surface area contributed by atoms with Crippen molar-refractivity contribution < 1.29 is 4.79 Å². The van der Waals surface area contributed by atoms with Gasteiger partial charge in [0.1, 0.15) is 0 Å². The van der Waals surface area contributed by atoms with Gasteiger partial charge in [0, 0.05) is 17.0 Å². The normalized spacial score (nSPS) is 12.4. The van der Waals surface area contributed by atoms with Crippen molar-refractivity contribution in [1.29, 1.82) is 0 Å². The van der Waals surface area contributed by atoms with Gasteiger partial charge in [-0.3, -0.25) is 4.79 Å². The molecule has 21 heavy (non-hydrogen) atoms. The zero-order valence-corrected chi connectivity index (χ0v) is 13.6. The van der Waals surface area contributed by atoms with Crippen LogP contribution in [-0.4, -0.2) is 31.4 Å². The highest BCUT2D eigenvalue weighted by atomic mass is 32.1. The number of hydrogen-bond donors (Lipinski definition) is 1. The van der Waals surface area contributed by atoms with Crippen LogP contribution in [-0.2, 0) is 6.42 Å². The largest absolute Gasteiger partial charge is 0.350 e. The van der Waals surface area contributed by atoms with E-state index in [4.69, 9.17) is 0 Å². The maximum absolute atomic E-state index is 12.2.